The van der Waals surface area contributed by atoms with E-state index in [9.17, 15) is 5.11 Å². The molecule has 0 spiro atoms. The lowest BCUT2D eigenvalue weighted by atomic mass is 10.1. The average Bonchev–Trinajstić information content (AvgIpc) is 2.19. The molecule has 0 aromatic rings. The van der Waals surface area contributed by atoms with Crippen LogP contribution in [0.15, 0.2) is 0 Å². The highest BCUT2D eigenvalue weighted by molar-refractivity contribution is 4.72. The molecule has 0 radical (unpaired) electrons. The summed E-state index contributed by atoms with van der Waals surface area (Å²) in [5.41, 5.74) is 0. The van der Waals surface area contributed by atoms with Crippen LogP contribution in [-0.2, 0) is 9.47 Å². The maximum Gasteiger partial charge on any atom is 0.157 e. The smallest absolute Gasteiger partial charge is 0.157 e. The Hall–Kier alpha value is -0.160. The van der Waals surface area contributed by atoms with E-state index in [0.29, 0.717) is 19.1 Å². The third-order valence-electron chi connectivity index (χ3n) is 2.89. The molecule has 2 aliphatic rings. The molecular weight excluding hydrogens is 182 g/mol. The minimum Gasteiger partial charge on any atom is -0.375 e. The summed E-state index contributed by atoms with van der Waals surface area (Å²) in [6.45, 7) is 2.73. The first-order valence-electron chi connectivity index (χ1n) is 5.50. The number of hydrogen-bond donors (Lipinski definition) is 2. The minimum absolute atomic E-state index is 0.196. The average molecular weight is 201 g/mol. The summed E-state index contributed by atoms with van der Waals surface area (Å²) < 4.78 is 11.0. The van der Waals surface area contributed by atoms with Crippen LogP contribution in [0.4, 0.5) is 0 Å². The lowest BCUT2D eigenvalue weighted by molar-refractivity contribution is -0.174. The molecule has 2 aliphatic heterocycles. The van der Waals surface area contributed by atoms with E-state index in [0.717, 1.165) is 32.4 Å². The molecule has 0 aromatic carbocycles. The molecule has 0 aromatic heterocycles. The number of aliphatic hydroxyl groups is 1. The van der Waals surface area contributed by atoms with Gasteiger partial charge in [-0.3, -0.25) is 0 Å². The summed E-state index contributed by atoms with van der Waals surface area (Å²) in [6.07, 6.45) is 3.69. The molecule has 2 rings (SSSR count). The van der Waals surface area contributed by atoms with Gasteiger partial charge >= 0.3 is 0 Å². The van der Waals surface area contributed by atoms with E-state index in [4.69, 9.17) is 9.47 Å². The van der Waals surface area contributed by atoms with Crippen molar-refractivity contribution in [2.45, 2.75) is 44.2 Å². The lowest BCUT2D eigenvalue weighted by Crippen LogP contribution is -2.38. The molecule has 2 heterocycles. The Bertz CT molecular complexity index is 171. The normalized spacial score (nSPS) is 35.8. The van der Waals surface area contributed by atoms with Crippen LogP contribution in [0.25, 0.3) is 0 Å². The second kappa shape index (κ2) is 5.07. The Morgan fingerprint density at radius 3 is 2.64 bits per heavy atom. The molecule has 0 saturated carbocycles. The van der Waals surface area contributed by atoms with Crippen molar-refractivity contribution in [3.05, 3.63) is 0 Å². The largest absolute Gasteiger partial charge is 0.375 e. The van der Waals surface area contributed by atoms with Gasteiger partial charge in [0, 0.05) is 6.42 Å². The van der Waals surface area contributed by atoms with Gasteiger partial charge in [0.05, 0.1) is 18.8 Å². The topological polar surface area (TPSA) is 50.7 Å². The van der Waals surface area contributed by atoms with Gasteiger partial charge in [0.2, 0.25) is 0 Å². The molecular formula is C10H19NO3. The van der Waals surface area contributed by atoms with Gasteiger partial charge in [-0.2, -0.15) is 0 Å². The molecule has 0 amide bonds. The highest BCUT2D eigenvalue weighted by atomic mass is 16.6. The number of nitrogens with one attached hydrogen (secondary N) is 1. The minimum atomic E-state index is -0.615. The summed E-state index contributed by atoms with van der Waals surface area (Å²) in [5.74, 6) is 0. The molecule has 4 nitrogen and oxygen atoms in total. The molecule has 2 saturated heterocycles. The van der Waals surface area contributed by atoms with Crippen molar-refractivity contribution >= 4 is 0 Å². The summed E-state index contributed by atoms with van der Waals surface area (Å²) in [5, 5.41) is 12.6. The molecule has 14 heavy (non-hydrogen) atoms. The van der Waals surface area contributed by atoms with Gasteiger partial charge in [-0.15, -0.1) is 0 Å². The van der Waals surface area contributed by atoms with Gasteiger partial charge in [-0.05, 0) is 32.4 Å². The van der Waals surface area contributed by atoms with E-state index in [1.54, 1.807) is 0 Å². The van der Waals surface area contributed by atoms with Gasteiger partial charge in [0.15, 0.2) is 6.29 Å². The molecule has 2 fully saturated rings. The van der Waals surface area contributed by atoms with Gasteiger partial charge in [-0.1, -0.05) is 0 Å². The zero-order valence-electron chi connectivity index (χ0n) is 8.45. The van der Waals surface area contributed by atoms with Gasteiger partial charge in [0.25, 0.3) is 0 Å². The Morgan fingerprint density at radius 2 is 1.93 bits per heavy atom. The molecule has 4 heteroatoms. The Morgan fingerprint density at radius 1 is 1.14 bits per heavy atom. The first-order valence-corrected chi connectivity index (χ1v) is 5.50. The highest BCUT2D eigenvalue weighted by Crippen LogP contribution is 2.19. The van der Waals surface area contributed by atoms with Crippen molar-refractivity contribution in [3.8, 4) is 0 Å². The molecule has 2 atom stereocenters. The monoisotopic (exact) mass is 201 g/mol. The highest BCUT2D eigenvalue weighted by Gasteiger charge is 2.24. The van der Waals surface area contributed by atoms with Crippen LogP contribution in [0.2, 0.25) is 0 Å². The van der Waals surface area contributed by atoms with Gasteiger partial charge in [0.1, 0.15) is 0 Å². The third kappa shape index (κ3) is 2.92. The van der Waals surface area contributed by atoms with Crippen molar-refractivity contribution in [2.75, 3.05) is 19.7 Å². The fourth-order valence-electron chi connectivity index (χ4n) is 2.07. The number of aliphatic hydroxyl groups excluding tert-OH is 1. The van der Waals surface area contributed by atoms with Crippen LogP contribution >= 0.6 is 0 Å². The number of rotatable bonds is 2. The molecule has 2 unspecified atom stereocenters. The predicted octanol–water partition coefficient (Wildman–Crippen LogP) is 0.252. The second-order valence-corrected chi connectivity index (χ2v) is 4.06. The van der Waals surface area contributed by atoms with E-state index in [-0.39, 0.29) is 6.10 Å². The maximum absolute atomic E-state index is 9.29. The van der Waals surface area contributed by atoms with Crippen LogP contribution in [0.3, 0.4) is 0 Å². The fraction of sp³-hybridized carbons (Fsp3) is 1.00. The summed E-state index contributed by atoms with van der Waals surface area (Å²) in [7, 11) is 0. The van der Waals surface area contributed by atoms with Gasteiger partial charge < -0.3 is 19.9 Å². The van der Waals surface area contributed by atoms with Crippen LogP contribution in [0.1, 0.15) is 25.7 Å². The van der Waals surface area contributed by atoms with E-state index >= 15 is 0 Å². The Labute approximate surface area is 84.6 Å². The van der Waals surface area contributed by atoms with E-state index in [1.807, 2.05) is 0 Å². The summed E-state index contributed by atoms with van der Waals surface area (Å²) in [6, 6.07) is 0. The van der Waals surface area contributed by atoms with Crippen LogP contribution in [0, 0.1) is 0 Å². The lowest BCUT2D eigenvalue weighted by Gasteiger charge is -2.31. The SMILES string of the molecule is OC1CC(OC2CCNCC2)CCO1. The number of piperidine rings is 1. The Kier molecular flexibility index (Phi) is 3.75. The zero-order valence-corrected chi connectivity index (χ0v) is 8.45. The maximum atomic E-state index is 9.29. The molecule has 0 bridgehead atoms. The molecule has 82 valence electrons. The molecule has 0 aliphatic carbocycles. The van der Waals surface area contributed by atoms with Crippen molar-refractivity contribution in [2.24, 2.45) is 0 Å². The van der Waals surface area contributed by atoms with Crippen molar-refractivity contribution < 1.29 is 14.6 Å². The summed E-state index contributed by atoms with van der Waals surface area (Å²) in [4.78, 5) is 0. The van der Waals surface area contributed by atoms with Crippen LogP contribution in [0.5, 0.6) is 0 Å². The quantitative estimate of drug-likeness (QED) is 0.672. The van der Waals surface area contributed by atoms with E-state index < -0.39 is 6.29 Å². The van der Waals surface area contributed by atoms with Crippen LogP contribution in [-0.4, -0.2) is 43.3 Å². The zero-order chi connectivity index (χ0) is 9.80. The second-order valence-electron chi connectivity index (χ2n) is 4.06. The number of hydrogen-bond acceptors (Lipinski definition) is 4. The van der Waals surface area contributed by atoms with Crippen molar-refractivity contribution in [1.29, 1.82) is 0 Å². The summed E-state index contributed by atoms with van der Waals surface area (Å²) >= 11 is 0. The first-order chi connectivity index (χ1) is 6.84. The predicted molar refractivity (Wildman–Crippen MR) is 52.0 cm³/mol. The van der Waals surface area contributed by atoms with Crippen molar-refractivity contribution in [1.82, 2.24) is 5.32 Å². The standard InChI is InChI=1S/C10H19NO3/c12-10-7-9(3-6-13-10)14-8-1-4-11-5-2-8/h8-12H,1-7H2. The fourth-order valence-corrected chi connectivity index (χ4v) is 2.07. The van der Waals surface area contributed by atoms with Gasteiger partial charge in [-0.25, -0.2) is 0 Å². The van der Waals surface area contributed by atoms with E-state index in [2.05, 4.69) is 5.32 Å². The Balaban J connectivity index is 1.72. The molecule has 2 N–H and O–H groups in total. The van der Waals surface area contributed by atoms with E-state index in [1.165, 1.54) is 0 Å². The third-order valence-corrected chi connectivity index (χ3v) is 2.89. The number of ether oxygens (including phenoxy) is 2. The van der Waals surface area contributed by atoms with Crippen LogP contribution < -0.4 is 5.32 Å². The van der Waals surface area contributed by atoms with Crippen molar-refractivity contribution in [3.63, 3.8) is 0 Å². The first kappa shape index (κ1) is 10.4.